The van der Waals surface area contributed by atoms with Gasteiger partial charge in [-0.25, -0.2) is 0 Å². The van der Waals surface area contributed by atoms with Crippen molar-refractivity contribution < 1.29 is 9.59 Å². The Morgan fingerprint density at radius 1 is 1.04 bits per heavy atom. The van der Waals surface area contributed by atoms with Crippen LogP contribution in [-0.2, 0) is 16.0 Å². The van der Waals surface area contributed by atoms with Gasteiger partial charge in [0.1, 0.15) is 0 Å². The smallest absolute Gasteiger partial charge is 0.230 e. The largest absolute Gasteiger partial charge is 0.326 e. The van der Waals surface area contributed by atoms with Crippen molar-refractivity contribution in [3.63, 3.8) is 0 Å². The second kappa shape index (κ2) is 6.03. The molecule has 2 atom stereocenters. The van der Waals surface area contributed by atoms with E-state index in [-0.39, 0.29) is 23.7 Å². The van der Waals surface area contributed by atoms with E-state index in [0.717, 1.165) is 29.9 Å². The Bertz CT molecular complexity index is 859. The predicted octanol–water partition coefficient (Wildman–Crippen LogP) is 3.47. The Morgan fingerprint density at radius 3 is 2.64 bits per heavy atom. The topological polar surface area (TPSA) is 49.4 Å². The molecule has 4 nitrogen and oxygen atoms in total. The molecule has 2 aliphatic rings. The molecule has 2 unspecified atom stereocenters. The monoisotopic (exact) mass is 334 g/mol. The summed E-state index contributed by atoms with van der Waals surface area (Å²) in [6, 6.07) is 13.9. The van der Waals surface area contributed by atoms with Crippen LogP contribution >= 0.6 is 0 Å². The van der Waals surface area contributed by atoms with E-state index in [9.17, 15) is 9.59 Å². The normalized spacial score (nSPS) is 21.0. The highest BCUT2D eigenvalue weighted by Crippen LogP contribution is 2.43. The van der Waals surface area contributed by atoms with Crippen molar-refractivity contribution in [3.8, 4) is 0 Å². The van der Waals surface area contributed by atoms with Gasteiger partial charge in [-0.3, -0.25) is 9.59 Å². The molecule has 2 aromatic rings. The van der Waals surface area contributed by atoms with Crippen LogP contribution in [0.25, 0.3) is 0 Å². The number of anilines is 2. The number of carbonyl (C=O) groups excluding carboxylic acids is 2. The third kappa shape index (κ3) is 2.93. The first-order chi connectivity index (χ1) is 12.0. The lowest BCUT2D eigenvalue weighted by atomic mass is 10.1. The van der Waals surface area contributed by atoms with Gasteiger partial charge in [-0.2, -0.15) is 0 Å². The minimum Gasteiger partial charge on any atom is -0.326 e. The molecular weight excluding hydrogens is 312 g/mol. The summed E-state index contributed by atoms with van der Waals surface area (Å²) < 4.78 is 0. The second-order valence-corrected chi connectivity index (χ2v) is 7.11. The summed E-state index contributed by atoms with van der Waals surface area (Å²) >= 11 is 0. The van der Waals surface area contributed by atoms with E-state index in [4.69, 9.17) is 0 Å². The molecule has 4 rings (SSSR count). The molecule has 25 heavy (non-hydrogen) atoms. The van der Waals surface area contributed by atoms with Crippen LogP contribution in [0.4, 0.5) is 11.4 Å². The predicted molar refractivity (Wildman–Crippen MR) is 98.6 cm³/mol. The molecule has 2 amide bonds. The number of fused-ring (bicyclic) bond motifs is 1. The van der Waals surface area contributed by atoms with Crippen LogP contribution in [0, 0.1) is 25.7 Å². The van der Waals surface area contributed by atoms with Gasteiger partial charge in [-0.05, 0) is 61.6 Å². The fraction of sp³-hybridized carbons (Fsp3) is 0.333. The van der Waals surface area contributed by atoms with Crippen LogP contribution in [0.3, 0.4) is 0 Å². The number of amides is 2. The summed E-state index contributed by atoms with van der Waals surface area (Å²) in [5.41, 5.74) is 5.37. The number of rotatable bonds is 3. The maximum atomic E-state index is 12.8. The SMILES string of the molecule is Cc1ccc(NC(=O)C2CC2C(=O)N2CCc3ccccc32)cc1C. The molecule has 2 aromatic carbocycles. The molecule has 0 bridgehead atoms. The van der Waals surface area contributed by atoms with Crippen molar-refractivity contribution in [2.45, 2.75) is 26.7 Å². The Morgan fingerprint density at radius 2 is 1.84 bits per heavy atom. The molecular formula is C21H22N2O2. The van der Waals surface area contributed by atoms with Gasteiger partial charge >= 0.3 is 0 Å². The molecule has 1 aliphatic carbocycles. The number of para-hydroxylation sites is 1. The summed E-state index contributed by atoms with van der Waals surface area (Å²) in [4.78, 5) is 27.1. The first-order valence-electron chi connectivity index (χ1n) is 8.82. The summed E-state index contributed by atoms with van der Waals surface area (Å²) in [6.07, 6.45) is 1.54. The van der Waals surface area contributed by atoms with Crippen LogP contribution in [0.2, 0.25) is 0 Å². The number of hydrogen-bond donors (Lipinski definition) is 1. The van der Waals surface area contributed by atoms with E-state index in [1.807, 2.05) is 55.1 Å². The van der Waals surface area contributed by atoms with Gasteiger partial charge in [-0.1, -0.05) is 24.3 Å². The zero-order valence-electron chi connectivity index (χ0n) is 14.6. The number of aryl methyl sites for hydroxylation is 2. The Labute approximate surface area is 147 Å². The number of carbonyl (C=O) groups is 2. The molecule has 0 aromatic heterocycles. The molecule has 1 saturated carbocycles. The molecule has 0 saturated heterocycles. The summed E-state index contributed by atoms with van der Waals surface area (Å²) in [7, 11) is 0. The van der Waals surface area contributed by atoms with Crippen LogP contribution in [0.5, 0.6) is 0 Å². The molecule has 0 radical (unpaired) electrons. The zero-order chi connectivity index (χ0) is 17.6. The van der Waals surface area contributed by atoms with Crippen LogP contribution < -0.4 is 10.2 Å². The Kier molecular flexibility index (Phi) is 3.83. The van der Waals surface area contributed by atoms with Crippen molar-refractivity contribution in [1.29, 1.82) is 0 Å². The van der Waals surface area contributed by atoms with E-state index in [2.05, 4.69) is 11.4 Å². The van der Waals surface area contributed by atoms with Gasteiger partial charge in [0.25, 0.3) is 0 Å². The van der Waals surface area contributed by atoms with Gasteiger partial charge in [0, 0.05) is 17.9 Å². The van der Waals surface area contributed by atoms with Gasteiger partial charge in [0.15, 0.2) is 0 Å². The van der Waals surface area contributed by atoms with Crippen molar-refractivity contribution in [1.82, 2.24) is 0 Å². The number of nitrogens with zero attached hydrogens (tertiary/aromatic N) is 1. The maximum absolute atomic E-state index is 12.8. The average Bonchev–Trinajstić information content (AvgIpc) is 3.30. The summed E-state index contributed by atoms with van der Waals surface area (Å²) in [5, 5.41) is 2.96. The fourth-order valence-corrected chi connectivity index (χ4v) is 3.58. The van der Waals surface area contributed by atoms with Crippen LogP contribution in [0.15, 0.2) is 42.5 Å². The highest BCUT2D eigenvalue weighted by molar-refractivity contribution is 6.05. The highest BCUT2D eigenvalue weighted by atomic mass is 16.2. The van der Waals surface area contributed by atoms with Crippen molar-refractivity contribution in [2.24, 2.45) is 11.8 Å². The third-order valence-electron chi connectivity index (χ3n) is 5.37. The molecule has 1 aliphatic heterocycles. The lowest BCUT2D eigenvalue weighted by Crippen LogP contribution is -2.31. The quantitative estimate of drug-likeness (QED) is 0.934. The van der Waals surface area contributed by atoms with Crippen molar-refractivity contribution in [2.75, 3.05) is 16.8 Å². The van der Waals surface area contributed by atoms with Crippen molar-refractivity contribution >= 4 is 23.2 Å². The van der Waals surface area contributed by atoms with Gasteiger partial charge < -0.3 is 10.2 Å². The van der Waals surface area contributed by atoms with E-state index >= 15 is 0 Å². The zero-order valence-corrected chi connectivity index (χ0v) is 14.6. The van der Waals surface area contributed by atoms with Gasteiger partial charge in [0.05, 0.1) is 11.8 Å². The second-order valence-electron chi connectivity index (χ2n) is 7.11. The van der Waals surface area contributed by atoms with Gasteiger partial charge in [0.2, 0.25) is 11.8 Å². The third-order valence-corrected chi connectivity index (χ3v) is 5.37. The van der Waals surface area contributed by atoms with Gasteiger partial charge in [-0.15, -0.1) is 0 Å². The van der Waals surface area contributed by atoms with Crippen LogP contribution in [-0.4, -0.2) is 18.4 Å². The first kappa shape index (κ1) is 15.9. The first-order valence-corrected chi connectivity index (χ1v) is 8.82. The Balaban J connectivity index is 1.41. The highest BCUT2D eigenvalue weighted by Gasteiger charge is 2.50. The van der Waals surface area contributed by atoms with E-state index in [1.165, 1.54) is 11.1 Å². The molecule has 128 valence electrons. The molecule has 1 fully saturated rings. The minimum atomic E-state index is -0.207. The van der Waals surface area contributed by atoms with Crippen molar-refractivity contribution in [3.05, 3.63) is 59.2 Å². The minimum absolute atomic E-state index is 0.0471. The van der Waals surface area contributed by atoms with E-state index in [0.29, 0.717) is 6.42 Å². The summed E-state index contributed by atoms with van der Waals surface area (Å²) in [5.74, 6) is -0.348. The summed E-state index contributed by atoms with van der Waals surface area (Å²) in [6.45, 7) is 4.80. The molecule has 4 heteroatoms. The number of benzene rings is 2. The standard InChI is InChI=1S/C21H22N2O2/c1-13-7-8-16(11-14(13)2)22-20(24)17-12-18(17)21(25)23-10-9-15-5-3-4-6-19(15)23/h3-8,11,17-18H,9-10,12H2,1-2H3,(H,22,24). The molecule has 1 heterocycles. The number of nitrogens with one attached hydrogen (secondary N) is 1. The molecule has 0 spiro atoms. The average molecular weight is 334 g/mol. The fourth-order valence-electron chi connectivity index (χ4n) is 3.58. The Hall–Kier alpha value is -2.62. The van der Waals surface area contributed by atoms with Crippen LogP contribution in [0.1, 0.15) is 23.1 Å². The maximum Gasteiger partial charge on any atom is 0.230 e. The lowest BCUT2D eigenvalue weighted by Gasteiger charge is -2.17. The molecule has 1 N–H and O–H groups in total. The lowest BCUT2D eigenvalue weighted by molar-refractivity contribution is -0.123. The van der Waals surface area contributed by atoms with E-state index in [1.54, 1.807) is 0 Å². The number of hydrogen-bond acceptors (Lipinski definition) is 2. The van der Waals surface area contributed by atoms with E-state index < -0.39 is 0 Å².